The molecule has 1 unspecified atom stereocenters. The number of ketones is 1. The SMILES string of the molecule is C=CC(COC(=O)c1cccc(C(=O)/C=C/c2ccc(F)cc2)c1)CC1C=C1. The average Bonchev–Trinajstić information content (AvgIpc) is 3.54. The van der Waals surface area contributed by atoms with Gasteiger partial charge in [0.25, 0.3) is 0 Å². The highest BCUT2D eigenvalue weighted by molar-refractivity contribution is 6.07. The van der Waals surface area contributed by atoms with E-state index in [-0.39, 0.29) is 24.1 Å². The van der Waals surface area contributed by atoms with Gasteiger partial charge in [-0.3, -0.25) is 4.79 Å². The molecule has 0 N–H and O–H groups in total. The molecule has 0 amide bonds. The van der Waals surface area contributed by atoms with Crippen molar-refractivity contribution in [1.29, 1.82) is 0 Å². The Morgan fingerprint density at radius 3 is 2.50 bits per heavy atom. The van der Waals surface area contributed by atoms with Crippen LogP contribution in [0, 0.1) is 17.7 Å². The number of benzene rings is 2. The Morgan fingerprint density at radius 2 is 1.82 bits per heavy atom. The van der Waals surface area contributed by atoms with Gasteiger partial charge < -0.3 is 4.74 Å². The quantitative estimate of drug-likeness (QED) is 0.260. The molecule has 0 aliphatic heterocycles. The Balaban J connectivity index is 1.60. The summed E-state index contributed by atoms with van der Waals surface area (Å²) in [5.41, 5.74) is 1.43. The molecule has 0 bridgehead atoms. The van der Waals surface area contributed by atoms with Gasteiger partial charge in [0.05, 0.1) is 12.2 Å². The van der Waals surface area contributed by atoms with Gasteiger partial charge in [-0.1, -0.05) is 48.6 Å². The molecule has 3 nitrogen and oxygen atoms in total. The van der Waals surface area contributed by atoms with Gasteiger partial charge in [0.1, 0.15) is 5.82 Å². The average molecular weight is 376 g/mol. The largest absolute Gasteiger partial charge is 0.461 e. The van der Waals surface area contributed by atoms with E-state index in [0.29, 0.717) is 22.6 Å². The van der Waals surface area contributed by atoms with E-state index in [2.05, 4.69) is 18.7 Å². The summed E-state index contributed by atoms with van der Waals surface area (Å²) >= 11 is 0. The van der Waals surface area contributed by atoms with Crippen LogP contribution in [0.5, 0.6) is 0 Å². The Kier molecular flexibility index (Phi) is 6.33. The third-order valence-electron chi connectivity index (χ3n) is 4.48. The molecular weight excluding hydrogens is 355 g/mol. The first kappa shape index (κ1) is 19.5. The van der Waals surface area contributed by atoms with E-state index in [9.17, 15) is 14.0 Å². The number of carbonyl (C=O) groups is 2. The van der Waals surface area contributed by atoms with Crippen LogP contribution in [0.3, 0.4) is 0 Å². The highest BCUT2D eigenvalue weighted by Crippen LogP contribution is 2.25. The molecule has 2 aromatic rings. The molecule has 0 aromatic heterocycles. The van der Waals surface area contributed by atoms with Gasteiger partial charge in [-0.2, -0.15) is 0 Å². The topological polar surface area (TPSA) is 43.4 Å². The van der Waals surface area contributed by atoms with Crippen molar-refractivity contribution < 1.29 is 18.7 Å². The molecule has 0 spiro atoms. The van der Waals surface area contributed by atoms with Crippen LogP contribution < -0.4 is 0 Å². The van der Waals surface area contributed by atoms with Crippen LogP contribution in [-0.2, 0) is 4.74 Å². The highest BCUT2D eigenvalue weighted by Gasteiger charge is 2.18. The lowest BCUT2D eigenvalue weighted by molar-refractivity contribution is 0.0459. The van der Waals surface area contributed by atoms with E-state index >= 15 is 0 Å². The minimum absolute atomic E-state index is 0.104. The minimum atomic E-state index is -0.465. The van der Waals surface area contributed by atoms with E-state index in [4.69, 9.17) is 4.74 Å². The molecule has 4 heteroatoms. The maximum absolute atomic E-state index is 12.9. The number of allylic oxidation sites excluding steroid dienone is 3. The molecule has 2 aromatic carbocycles. The van der Waals surface area contributed by atoms with E-state index in [1.165, 1.54) is 24.3 Å². The maximum atomic E-state index is 12.9. The van der Waals surface area contributed by atoms with E-state index < -0.39 is 5.97 Å². The first-order valence-corrected chi connectivity index (χ1v) is 9.11. The maximum Gasteiger partial charge on any atom is 0.338 e. The Labute approximate surface area is 163 Å². The van der Waals surface area contributed by atoms with Crippen molar-refractivity contribution in [1.82, 2.24) is 0 Å². The molecule has 1 aliphatic rings. The third-order valence-corrected chi connectivity index (χ3v) is 4.48. The minimum Gasteiger partial charge on any atom is -0.461 e. The second-order valence-corrected chi connectivity index (χ2v) is 6.71. The smallest absolute Gasteiger partial charge is 0.338 e. The van der Waals surface area contributed by atoms with Gasteiger partial charge in [-0.05, 0) is 48.2 Å². The second kappa shape index (κ2) is 9.09. The van der Waals surface area contributed by atoms with E-state index in [1.807, 2.05) is 0 Å². The lowest BCUT2D eigenvalue weighted by Gasteiger charge is -2.12. The predicted octanol–water partition coefficient (Wildman–Crippen LogP) is 5.26. The molecule has 28 heavy (non-hydrogen) atoms. The number of carbonyl (C=O) groups excluding carboxylic acids is 2. The zero-order chi connectivity index (χ0) is 19.9. The van der Waals surface area contributed by atoms with Crippen molar-refractivity contribution in [3.8, 4) is 0 Å². The Morgan fingerprint density at radius 1 is 1.11 bits per heavy atom. The van der Waals surface area contributed by atoms with Crippen LogP contribution in [0.15, 0.2) is 79.4 Å². The van der Waals surface area contributed by atoms with Gasteiger partial charge in [0.15, 0.2) is 5.78 Å². The summed E-state index contributed by atoms with van der Waals surface area (Å²) in [5, 5.41) is 0. The lowest BCUT2D eigenvalue weighted by Crippen LogP contribution is -2.14. The predicted molar refractivity (Wildman–Crippen MR) is 107 cm³/mol. The van der Waals surface area contributed by atoms with E-state index in [1.54, 1.807) is 42.5 Å². The fraction of sp³-hybridized carbons (Fsp3) is 0.167. The second-order valence-electron chi connectivity index (χ2n) is 6.71. The molecule has 0 saturated carbocycles. The molecule has 1 atom stereocenters. The molecule has 0 heterocycles. The lowest BCUT2D eigenvalue weighted by atomic mass is 10.0. The van der Waals surface area contributed by atoms with E-state index in [0.717, 1.165) is 6.42 Å². The summed E-state index contributed by atoms with van der Waals surface area (Å²) in [7, 11) is 0. The molecule has 0 saturated heterocycles. The van der Waals surface area contributed by atoms with Crippen molar-refractivity contribution in [3.63, 3.8) is 0 Å². The Hall–Kier alpha value is -3.27. The molecule has 1 aliphatic carbocycles. The number of halogens is 1. The van der Waals surface area contributed by atoms with Crippen LogP contribution >= 0.6 is 0 Å². The van der Waals surface area contributed by atoms with Gasteiger partial charge >= 0.3 is 5.97 Å². The summed E-state index contributed by atoms with van der Waals surface area (Å²) in [5.74, 6) is -0.458. The van der Waals surface area contributed by atoms with Crippen molar-refractivity contribution in [2.24, 2.45) is 11.8 Å². The zero-order valence-electron chi connectivity index (χ0n) is 15.4. The number of hydrogen-bond acceptors (Lipinski definition) is 3. The molecule has 0 fully saturated rings. The summed E-state index contributed by atoms with van der Waals surface area (Å²) in [4.78, 5) is 24.7. The number of esters is 1. The van der Waals surface area contributed by atoms with Crippen molar-refractivity contribution >= 4 is 17.8 Å². The van der Waals surface area contributed by atoms with Crippen molar-refractivity contribution in [2.45, 2.75) is 6.42 Å². The fourth-order valence-electron chi connectivity index (χ4n) is 2.73. The summed E-state index contributed by atoms with van der Waals surface area (Å²) < 4.78 is 18.3. The summed E-state index contributed by atoms with van der Waals surface area (Å²) in [6.07, 6.45) is 9.90. The monoisotopic (exact) mass is 376 g/mol. The highest BCUT2D eigenvalue weighted by atomic mass is 19.1. The third kappa shape index (κ3) is 5.61. The van der Waals surface area contributed by atoms with Gasteiger partial charge in [0, 0.05) is 11.5 Å². The summed E-state index contributed by atoms with van der Waals surface area (Å²) in [6, 6.07) is 12.3. The van der Waals surface area contributed by atoms with Crippen LogP contribution in [0.4, 0.5) is 4.39 Å². The van der Waals surface area contributed by atoms with Crippen LogP contribution in [0.1, 0.15) is 32.7 Å². The number of hydrogen-bond donors (Lipinski definition) is 0. The van der Waals surface area contributed by atoms with Crippen LogP contribution in [0.25, 0.3) is 6.08 Å². The van der Waals surface area contributed by atoms with Gasteiger partial charge in [-0.15, -0.1) is 6.58 Å². The van der Waals surface area contributed by atoms with Gasteiger partial charge in [0.2, 0.25) is 0 Å². The summed E-state index contributed by atoms with van der Waals surface area (Å²) in [6.45, 7) is 4.05. The fourth-order valence-corrected chi connectivity index (χ4v) is 2.73. The van der Waals surface area contributed by atoms with Crippen molar-refractivity contribution in [3.05, 3.63) is 102 Å². The van der Waals surface area contributed by atoms with Crippen LogP contribution in [0.2, 0.25) is 0 Å². The first-order valence-electron chi connectivity index (χ1n) is 9.11. The van der Waals surface area contributed by atoms with Gasteiger partial charge in [-0.25, -0.2) is 9.18 Å². The molecule has 3 rings (SSSR count). The van der Waals surface area contributed by atoms with Crippen LogP contribution in [-0.4, -0.2) is 18.4 Å². The normalized spacial score (nSPS) is 14.0. The number of rotatable bonds is 9. The number of ether oxygens (including phenoxy) is 1. The molecular formula is C24H21FO3. The standard InChI is InChI=1S/C24H21FO3/c1-2-17(14-19-6-7-19)16-28-24(27)21-5-3-4-20(15-21)23(26)13-10-18-8-11-22(25)12-9-18/h2-13,15,17,19H,1,14,16H2/b13-10+. The molecule has 142 valence electrons. The first-order chi connectivity index (χ1) is 13.5. The molecule has 0 radical (unpaired) electrons. The zero-order valence-corrected chi connectivity index (χ0v) is 15.4. The Bertz CT molecular complexity index is 919. The van der Waals surface area contributed by atoms with Crippen molar-refractivity contribution in [2.75, 3.05) is 6.61 Å².